The van der Waals surface area contributed by atoms with Crippen LogP contribution in [0.5, 0.6) is 0 Å². The fourth-order valence-corrected chi connectivity index (χ4v) is 2.65. The van der Waals surface area contributed by atoms with E-state index < -0.39 is 17.1 Å². The fraction of sp³-hybridized carbons (Fsp3) is 0.214. The van der Waals surface area contributed by atoms with Gasteiger partial charge in [0.1, 0.15) is 0 Å². The first kappa shape index (κ1) is 16.7. The second-order valence-electron chi connectivity index (χ2n) is 4.62. The third-order valence-electron chi connectivity index (χ3n) is 2.71. The maximum Gasteiger partial charge on any atom is 0.239 e. The number of thioether (sulfide) groups is 1. The number of aliphatic carboxylic acids is 1. The quantitative estimate of drug-likeness (QED) is 0.566. The Kier molecular flexibility index (Phi) is 5.47. The Morgan fingerprint density at radius 3 is 2.70 bits per heavy atom. The second-order valence-corrected chi connectivity index (χ2v) is 5.82. The number of rotatable bonds is 5. The molecule has 9 heteroatoms. The van der Waals surface area contributed by atoms with Crippen molar-refractivity contribution in [3.63, 3.8) is 0 Å². The number of amidine groups is 1. The van der Waals surface area contributed by atoms with Gasteiger partial charge in [0.25, 0.3) is 0 Å². The molecule has 0 radical (unpaired) electrons. The standard InChI is InChI=1S/C14H14N4O4S/c1-8(19)16-10-4-2-9(3-5-10)7-15-18-14-17-13(22)11(23-14)6-12(20)21/h2-5,7,11H,6H2,1H3,(H,16,19)(H,20,21)(H,17,18,22)/p-1/b15-7-/t11-/m1/s1. The average molecular weight is 333 g/mol. The number of carbonyl (C=O) groups is 3. The summed E-state index contributed by atoms with van der Waals surface area (Å²) in [6.45, 7) is 1.42. The molecule has 2 amide bonds. The van der Waals surface area contributed by atoms with E-state index in [2.05, 4.69) is 20.8 Å². The van der Waals surface area contributed by atoms with E-state index in [-0.39, 0.29) is 17.5 Å². The zero-order valence-corrected chi connectivity index (χ0v) is 12.9. The summed E-state index contributed by atoms with van der Waals surface area (Å²) < 4.78 is 0. The minimum Gasteiger partial charge on any atom is -0.550 e. The number of nitrogens with zero attached hydrogens (tertiary/aromatic N) is 2. The molecule has 1 atom stereocenters. The van der Waals surface area contributed by atoms with Gasteiger partial charge in [-0.2, -0.15) is 5.10 Å². The predicted molar refractivity (Wildman–Crippen MR) is 84.9 cm³/mol. The molecule has 1 aromatic carbocycles. The summed E-state index contributed by atoms with van der Waals surface area (Å²) in [6, 6.07) is 6.93. The van der Waals surface area contributed by atoms with E-state index in [0.29, 0.717) is 5.69 Å². The SMILES string of the molecule is CC(=O)Nc1ccc(/C=N\N=C2\NC(=O)[C@@H](CC(=O)[O-])S2)cc1. The van der Waals surface area contributed by atoms with Crippen LogP contribution in [-0.2, 0) is 14.4 Å². The molecule has 0 bridgehead atoms. The van der Waals surface area contributed by atoms with E-state index in [4.69, 9.17) is 0 Å². The third kappa shape index (κ3) is 5.22. The van der Waals surface area contributed by atoms with Crippen molar-refractivity contribution in [2.75, 3.05) is 5.32 Å². The highest BCUT2D eigenvalue weighted by Crippen LogP contribution is 2.21. The summed E-state index contributed by atoms with van der Waals surface area (Å²) in [6.07, 6.45) is 1.10. The molecule has 2 N–H and O–H groups in total. The van der Waals surface area contributed by atoms with Crippen LogP contribution in [0.2, 0.25) is 0 Å². The van der Waals surface area contributed by atoms with Crippen LogP contribution in [0.25, 0.3) is 0 Å². The van der Waals surface area contributed by atoms with Gasteiger partial charge in [0, 0.05) is 25.0 Å². The summed E-state index contributed by atoms with van der Waals surface area (Å²) in [5.41, 5.74) is 1.42. The van der Waals surface area contributed by atoms with Gasteiger partial charge in [-0.3, -0.25) is 9.59 Å². The molecule has 1 heterocycles. The number of hydrogen-bond donors (Lipinski definition) is 2. The van der Waals surface area contributed by atoms with Crippen LogP contribution in [0.1, 0.15) is 18.9 Å². The minimum absolute atomic E-state index is 0.155. The molecule has 1 fully saturated rings. The predicted octanol–water partition coefficient (Wildman–Crippen LogP) is -0.293. The number of hydrogen-bond acceptors (Lipinski definition) is 7. The molecule has 1 saturated heterocycles. The van der Waals surface area contributed by atoms with Gasteiger partial charge in [0.05, 0.1) is 11.5 Å². The van der Waals surface area contributed by atoms with E-state index in [1.54, 1.807) is 24.3 Å². The van der Waals surface area contributed by atoms with Crippen molar-refractivity contribution in [1.29, 1.82) is 0 Å². The largest absolute Gasteiger partial charge is 0.550 e. The lowest BCUT2D eigenvalue weighted by atomic mass is 10.2. The Labute approximate surface area is 136 Å². The monoisotopic (exact) mass is 333 g/mol. The van der Waals surface area contributed by atoms with Crippen LogP contribution >= 0.6 is 11.8 Å². The Morgan fingerprint density at radius 2 is 2.09 bits per heavy atom. The highest BCUT2D eigenvalue weighted by molar-refractivity contribution is 8.15. The minimum atomic E-state index is -1.29. The van der Waals surface area contributed by atoms with E-state index in [1.807, 2.05) is 0 Å². The zero-order chi connectivity index (χ0) is 16.8. The van der Waals surface area contributed by atoms with Crippen LogP contribution in [-0.4, -0.2) is 34.4 Å². The van der Waals surface area contributed by atoms with Crippen molar-refractivity contribution in [1.82, 2.24) is 5.32 Å². The van der Waals surface area contributed by atoms with Gasteiger partial charge in [-0.25, -0.2) is 0 Å². The van der Waals surface area contributed by atoms with Crippen LogP contribution in [0.4, 0.5) is 5.69 Å². The molecular weight excluding hydrogens is 320 g/mol. The van der Waals surface area contributed by atoms with Crippen molar-refractivity contribution in [3.8, 4) is 0 Å². The number of nitrogens with one attached hydrogen (secondary N) is 2. The summed E-state index contributed by atoms with van der Waals surface area (Å²) in [5.74, 6) is -1.87. The van der Waals surface area contributed by atoms with Crippen molar-refractivity contribution in [2.45, 2.75) is 18.6 Å². The first-order valence-electron chi connectivity index (χ1n) is 6.60. The Balaban J connectivity index is 1.94. The van der Waals surface area contributed by atoms with Crippen LogP contribution in [0.3, 0.4) is 0 Å². The number of amides is 2. The van der Waals surface area contributed by atoms with Gasteiger partial charge in [-0.1, -0.05) is 23.9 Å². The smallest absolute Gasteiger partial charge is 0.239 e. The molecular formula is C14H13N4O4S-. The molecule has 1 aliphatic heterocycles. The van der Waals surface area contributed by atoms with E-state index in [9.17, 15) is 19.5 Å². The molecule has 120 valence electrons. The zero-order valence-electron chi connectivity index (χ0n) is 12.1. The van der Waals surface area contributed by atoms with Crippen LogP contribution in [0.15, 0.2) is 34.5 Å². The molecule has 0 aromatic heterocycles. The number of carboxylic acids is 1. The molecule has 0 saturated carbocycles. The highest BCUT2D eigenvalue weighted by Gasteiger charge is 2.30. The van der Waals surface area contributed by atoms with Crippen molar-refractivity contribution in [3.05, 3.63) is 29.8 Å². The number of anilines is 1. The maximum atomic E-state index is 11.5. The maximum absolute atomic E-state index is 11.5. The van der Waals surface area contributed by atoms with Crippen LogP contribution < -0.4 is 15.7 Å². The van der Waals surface area contributed by atoms with Crippen LogP contribution in [0, 0.1) is 0 Å². The van der Waals surface area contributed by atoms with Gasteiger partial charge in [-0.05, 0) is 17.7 Å². The normalized spacial score (nSPS) is 19.1. The molecule has 23 heavy (non-hydrogen) atoms. The van der Waals surface area contributed by atoms with Gasteiger partial charge < -0.3 is 20.5 Å². The summed E-state index contributed by atoms with van der Waals surface area (Å²) in [4.78, 5) is 32.9. The molecule has 0 spiro atoms. The molecule has 0 unspecified atom stereocenters. The molecule has 1 aliphatic rings. The van der Waals surface area contributed by atoms with Gasteiger partial charge in [0.2, 0.25) is 11.8 Å². The first-order chi connectivity index (χ1) is 10.9. The average Bonchev–Trinajstić information content (AvgIpc) is 2.80. The number of carboxylic acid groups (broad SMARTS) is 1. The van der Waals surface area contributed by atoms with E-state index in [1.165, 1.54) is 13.1 Å². The van der Waals surface area contributed by atoms with Gasteiger partial charge in [-0.15, -0.1) is 5.10 Å². The lowest BCUT2D eigenvalue weighted by Gasteiger charge is -2.04. The topological polar surface area (TPSA) is 123 Å². The third-order valence-corrected chi connectivity index (χ3v) is 3.79. The Bertz CT molecular complexity index is 685. The number of benzene rings is 1. The highest BCUT2D eigenvalue weighted by atomic mass is 32.2. The lowest BCUT2D eigenvalue weighted by Crippen LogP contribution is -2.31. The van der Waals surface area contributed by atoms with Crippen molar-refractivity contribution >= 4 is 46.6 Å². The van der Waals surface area contributed by atoms with Gasteiger partial charge >= 0.3 is 0 Å². The van der Waals surface area contributed by atoms with Crippen molar-refractivity contribution < 1.29 is 19.5 Å². The Morgan fingerprint density at radius 1 is 1.39 bits per heavy atom. The molecule has 2 rings (SSSR count). The number of carbonyl (C=O) groups excluding carboxylic acids is 3. The molecule has 0 aliphatic carbocycles. The first-order valence-corrected chi connectivity index (χ1v) is 7.48. The Hall–Kier alpha value is -2.68. The lowest BCUT2D eigenvalue weighted by molar-refractivity contribution is -0.305. The molecule has 1 aromatic rings. The fourth-order valence-electron chi connectivity index (χ4n) is 1.74. The summed E-state index contributed by atoms with van der Waals surface area (Å²) in [5, 5.41) is 22.8. The van der Waals surface area contributed by atoms with Crippen molar-refractivity contribution in [2.24, 2.45) is 10.2 Å². The van der Waals surface area contributed by atoms with Gasteiger partial charge in [0.15, 0.2) is 5.17 Å². The van der Waals surface area contributed by atoms with E-state index >= 15 is 0 Å². The molecule has 8 nitrogen and oxygen atoms in total. The summed E-state index contributed by atoms with van der Waals surface area (Å²) in [7, 11) is 0. The van der Waals surface area contributed by atoms with E-state index in [0.717, 1.165) is 17.3 Å². The second kappa shape index (κ2) is 7.54. The summed E-state index contributed by atoms with van der Waals surface area (Å²) >= 11 is 0.999.